The maximum Gasteiger partial charge on any atom is 0.120 e. The molecular weight excluding hydrogens is 190 g/mol. The van der Waals surface area contributed by atoms with Crippen LogP contribution in [0.25, 0.3) is 0 Å². The van der Waals surface area contributed by atoms with Crippen molar-refractivity contribution < 1.29 is 5.11 Å². The Hall–Kier alpha value is -0.870. The molecule has 15 heavy (non-hydrogen) atoms. The molecule has 1 heterocycles. The van der Waals surface area contributed by atoms with Gasteiger partial charge in [0.2, 0.25) is 0 Å². The zero-order chi connectivity index (χ0) is 10.6. The summed E-state index contributed by atoms with van der Waals surface area (Å²) in [4.78, 5) is 7.15. The van der Waals surface area contributed by atoms with Gasteiger partial charge in [-0.15, -0.1) is 0 Å². The number of H-pyrrole nitrogens is 1. The third-order valence-electron chi connectivity index (χ3n) is 3.09. The molecule has 0 aromatic carbocycles. The predicted octanol–water partition coefficient (Wildman–Crippen LogP) is 1.19. The highest BCUT2D eigenvalue weighted by Gasteiger charge is 2.28. The maximum absolute atomic E-state index is 10.2. The fourth-order valence-electron chi connectivity index (χ4n) is 2.19. The number of aliphatic hydroxyl groups is 1. The van der Waals surface area contributed by atoms with E-state index in [2.05, 4.69) is 15.3 Å². The molecule has 0 saturated heterocycles. The van der Waals surface area contributed by atoms with Gasteiger partial charge in [-0.1, -0.05) is 19.3 Å². The van der Waals surface area contributed by atoms with Gasteiger partial charge in [-0.05, 0) is 12.8 Å². The molecule has 4 nitrogen and oxygen atoms in total. The van der Waals surface area contributed by atoms with Crippen LogP contribution >= 0.6 is 0 Å². The topological polar surface area (TPSA) is 60.9 Å². The van der Waals surface area contributed by atoms with Crippen LogP contribution in [0, 0.1) is 0 Å². The van der Waals surface area contributed by atoms with Gasteiger partial charge in [0, 0.05) is 18.9 Å². The number of hydrogen-bond acceptors (Lipinski definition) is 3. The van der Waals surface area contributed by atoms with Crippen molar-refractivity contribution in [3.05, 3.63) is 18.2 Å². The van der Waals surface area contributed by atoms with Gasteiger partial charge in [-0.2, -0.15) is 0 Å². The standard InChI is InChI=1S/C11H19N3O/c15-11(4-2-1-3-5-11)9-12-8-10-13-6-7-14-10/h6-7,12,15H,1-5,8-9H2,(H,13,14). The molecule has 84 valence electrons. The number of nitrogens with zero attached hydrogens (tertiary/aromatic N) is 1. The minimum atomic E-state index is -0.481. The first-order valence-corrected chi connectivity index (χ1v) is 5.70. The largest absolute Gasteiger partial charge is 0.389 e. The van der Waals surface area contributed by atoms with Gasteiger partial charge in [0.15, 0.2) is 0 Å². The summed E-state index contributed by atoms with van der Waals surface area (Å²) in [5, 5.41) is 13.5. The Balaban J connectivity index is 1.72. The number of aromatic amines is 1. The summed E-state index contributed by atoms with van der Waals surface area (Å²) in [5.41, 5.74) is -0.481. The molecule has 0 radical (unpaired) electrons. The lowest BCUT2D eigenvalue weighted by atomic mass is 9.85. The molecule has 4 heteroatoms. The number of rotatable bonds is 4. The van der Waals surface area contributed by atoms with Gasteiger partial charge >= 0.3 is 0 Å². The summed E-state index contributed by atoms with van der Waals surface area (Å²) in [5.74, 6) is 0.925. The monoisotopic (exact) mass is 209 g/mol. The molecular formula is C11H19N3O. The van der Waals surface area contributed by atoms with Gasteiger partial charge in [0.25, 0.3) is 0 Å². The van der Waals surface area contributed by atoms with E-state index in [9.17, 15) is 5.11 Å². The molecule has 1 fully saturated rings. The van der Waals surface area contributed by atoms with Crippen molar-refractivity contribution in [1.29, 1.82) is 0 Å². The van der Waals surface area contributed by atoms with E-state index >= 15 is 0 Å². The summed E-state index contributed by atoms with van der Waals surface area (Å²) in [6.07, 6.45) is 8.98. The van der Waals surface area contributed by atoms with Crippen LogP contribution in [0.2, 0.25) is 0 Å². The lowest BCUT2D eigenvalue weighted by molar-refractivity contribution is 0.00457. The minimum absolute atomic E-state index is 0.481. The Morgan fingerprint density at radius 1 is 1.40 bits per heavy atom. The average Bonchev–Trinajstić information content (AvgIpc) is 2.71. The second-order valence-corrected chi connectivity index (χ2v) is 4.42. The van der Waals surface area contributed by atoms with Crippen LogP contribution in [0.5, 0.6) is 0 Å². The van der Waals surface area contributed by atoms with Crippen LogP contribution < -0.4 is 5.32 Å². The summed E-state index contributed by atoms with van der Waals surface area (Å²) >= 11 is 0. The molecule has 0 spiro atoms. The molecule has 0 bridgehead atoms. The van der Waals surface area contributed by atoms with Crippen LogP contribution in [-0.2, 0) is 6.54 Å². The van der Waals surface area contributed by atoms with Crippen molar-refractivity contribution in [1.82, 2.24) is 15.3 Å². The van der Waals surface area contributed by atoms with Gasteiger partial charge < -0.3 is 15.4 Å². The highest BCUT2D eigenvalue weighted by molar-refractivity contribution is 4.89. The maximum atomic E-state index is 10.2. The highest BCUT2D eigenvalue weighted by Crippen LogP contribution is 2.27. The fraction of sp³-hybridized carbons (Fsp3) is 0.727. The summed E-state index contributed by atoms with van der Waals surface area (Å²) in [7, 11) is 0. The molecule has 0 aliphatic heterocycles. The third-order valence-corrected chi connectivity index (χ3v) is 3.09. The van der Waals surface area contributed by atoms with Gasteiger partial charge in [0.1, 0.15) is 5.82 Å². The zero-order valence-electron chi connectivity index (χ0n) is 9.00. The van der Waals surface area contributed by atoms with E-state index < -0.39 is 5.60 Å². The first-order valence-electron chi connectivity index (χ1n) is 5.70. The second-order valence-electron chi connectivity index (χ2n) is 4.42. The molecule has 0 atom stereocenters. The minimum Gasteiger partial charge on any atom is -0.389 e. The average molecular weight is 209 g/mol. The van der Waals surface area contributed by atoms with Crippen LogP contribution in [0.1, 0.15) is 37.9 Å². The van der Waals surface area contributed by atoms with Crippen molar-refractivity contribution in [3.63, 3.8) is 0 Å². The van der Waals surface area contributed by atoms with Crippen molar-refractivity contribution in [2.75, 3.05) is 6.54 Å². The quantitative estimate of drug-likeness (QED) is 0.698. The van der Waals surface area contributed by atoms with Crippen molar-refractivity contribution in [2.24, 2.45) is 0 Å². The predicted molar refractivity (Wildman–Crippen MR) is 58.3 cm³/mol. The number of imidazole rings is 1. The Morgan fingerprint density at radius 3 is 2.87 bits per heavy atom. The lowest BCUT2D eigenvalue weighted by Gasteiger charge is -2.32. The Labute approximate surface area is 90.1 Å². The van der Waals surface area contributed by atoms with E-state index in [1.807, 2.05) is 6.20 Å². The fourth-order valence-corrected chi connectivity index (χ4v) is 2.19. The zero-order valence-corrected chi connectivity index (χ0v) is 9.00. The van der Waals surface area contributed by atoms with E-state index in [0.29, 0.717) is 13.1 Å². The van der Waals surface area contributed by atoms with Crippen molar-refractivity contribution >= 4 is 0 Å². The molecule has 1 aromatic rings. The number of hydrogen-bond donors (Lipinski definition) is 3. The number of aromatic nitrogens is 2. The summed E-state index contributed by atoms with van der Waals surface area (Å²) in [6.45, 7) is 1.38. The van der Waals surface area contributed by atoms with E-state index in [1.54, 1.807) is 6.20 Å². The number of nitrogens with one attached hydrogen (secondary N) is 2. The second kappa shape index (κ2) is 4.77. The van der Waals surface area contributed by atoms with E-state index in [4.69, 9.17) is 0 Å². The third kappa shape index (κ3) is 3.04. The summed E-state index contributed by atoms with van der Waals surface area (Å²) < 4.78 is 0. The molecule has 1 aliphatic carbocycles. The van der Waals surface area contributed by atoms with Crippen LogP contribution in [-0.4, -0.2) is 27.2 Å². The lowest BCUT2D eigenvalue weighted by Crippen LogP contribution is -2.42. The van der Waals surface area contributed by atoms with Crippen molar-refractivity contribution in [3.8, 4) is 0 Å². The molecule has 3 N–H and O–H groups in total. The van der Waals surface area contributed by atoms with Crippen molar-refractivity contribution in [2.45, 2.75) is 44.2 Å². The molecule has 1 aromatic heterocycles. The molecule has 0 unspecified atom stereocenters. The molecule has 2 rings (SSSR count). The molecule has 0 amide bonds. The first kappa shape index (κ1) is 10.6. The Kier molecular flexibility index (Phi) is 3.38. The Morgan fingerprint density at radius 2 is 2.20 bits per heavy atom. The van der Waals surface area contributed by atoms with Crippen LogP contribution in [0.4, 0.5) is 0 Å². The summed E-state index contributed by atoms with van der Waals surface area (Å²) in [6, 6.07) is 0. The molecule has 1 aliphatic rings. The molecule has 1 saturated carbocycles. The van der Waals surface area contributed by atoms with Gasteiger partial charge in [-0.3, -0.25) is 0 Å². The van der Waals surface area contributed by atoms with Gasteiger partial charge in [-0.25, -0.2) is 4.98 Å². The van der Waals surface area contributed by atoms with Crippen LogP contribution in [0.3, 0.4) is 0 Å². The normalized spacial score (nSPS) is 20.3. The highest BCUT2D eigenvalue weighted by atomic mass is 16.3. The Bertz CT molecular complexity index is 278. The van der Waals surface area contributed by atoms with Gasteiger partial charge in [0.05, 0.1) is 12.1 Å². The first-order chi connectivity index (χ1) is 7.29. The van der Waals surface area contributed by atoms with Crippen LogP contribution in [0.15, 0.2) is 12.4 Å². The smallest absolute Gasteiger partial charge is 0.120 e. The SMILES string of the molecule is OC1(CNCc2ncc[nH]2)CCCCC1. The van der Waals surface area contributed by atoms with E-state index in [1.165, 1.54) is 6.42 Å². The van der Waals surface area contributed by atoms with E-state index in [-0.39, 0.29) is 0 Å². The van der Waals surface area contributed by atoms with E-state index in [0.717, 1.165) is 31.5 Å².